The number of rotatable bonds is 3. The van der Waals surface area contributed by atoms with Crippen molar-refractivity contribution in [2.75, 3.05) is 0 Å². The molecular weight excluding hydrogens is 250 g/mol. The summed E-state index contributed by atoms with van der Waals surface area (Å²) < 4.78 is 6.67. The Balaban J connectivity index is 2.10. The van der Waals surface area contributed by atoms with Crippen molar-refractivity contribution in [1.82, 2.24) is 24.7 Å². The van der Waals surface area contributed by atoms with Gasteiger partial charge in [-0.25, -0.2) is 0 Å². The summed E-state index contributed by atoms with van der Waals surface area (Å²) in [6.07, 6.45) is 1.48. The SMILES string of the molecule is Cc1noc(-c2ccc3nnc(CC(=O)O)n3c2)n1. The van der Waals surface area contributed by atoms with Crippen molar-refractivity contribution in [3.8, 4) is 11.5 Å². The number of fused-ring (bicyclic) bond motifs is 1. The summed E-state index contributed by atoms with van der Waals surface area (Å²) in [4.78, 5) is 14.9. The van der Waals surface area contributed by atoms with Gasteiger partial charge < -0.3 is 9.63 Å². The topological polar surface area (TPSA) is 106 Å². The Kier molecular flexibility index (Phi) is 2.48. The number of carboxylic acid groups (broad SMARTS) is 1. The van der Waals surface area contributed by atoms with Gasteiger partial charge in [-0.1, -0.05) is 5.16 Å². The van der Waals surface area contributed by atoms with Crippen LogP contribution in [0.2, 0.25) is 0 Å². The fourth-order valence-corrected chi connectivity index (χ4v) is 1.73. The predicted octanol–water partition coefficient (Wildman–Crippen LogP) is 0.715. The Bertz CT molecular complexity index is 761. The molecule has 0 bridgehead atoms. The molecule has 0 saturated carbocycles. The molecule has 0 unspecified atom stereocenters. The van der Waals surface area contributed by atoms with E-state index in [4.69, 9.17) is 9.63 Å². The van der Waals surface area contributed by atoms with Crippen LogP contribution in [0.4, 0.5) is 0 Å². The van der Waals surface area contributed by atoms with E-state index >= 15 is 0 Å². The highest BCUT2D eigenvalue weighted by molar-refractivity contribution is 5.69. The molecule has 3 heterocycles. The maximum atomic E-state index is 10.7. The van der Waals surface area contributed by atoms with Crippen LogP contribution in [0.25, 0.3) is 17.1 Å². The van der Waals surface area contributed by atoms with Crippen molar-refractivity contribution in [3.63, 3.8) is 0 Å². The summed E-state index contributed by atoms with van der Waals surface area (Å²) in [6.45, 7) is 1.72. The van der Waals surface area contributed by atoms with Gasteiger partial charge in [-0.2, -0.15) is 4.98 Å². The van der Waals surface area contributed by atoms with Gasteiger partial charge in [0.2, 0.25) is 0 Å². The second-order valence-electron chi connectivity index (χ2n) is 3.98. The smallest absolute Gasteiger partial charge is 0.311 e. The van der Waals surface area contributed by atoms with Crippen molar-refractivity contribution in [2.45, 2.75) is 13.3 Å². The van der Waals surface area contributed by atoms with Gasteiger partial charge in [-0.05, 0) is 19.1 Å². The Morgan fingerprint density at radius 3 is 2.95 bits per heavy atom. The number of carbonyl (C=O) groups is 1. The molecule has 19 heavy (non-hydrogen) atoms. The van der Waals surface area contributed by atoms with Gasteiger partial charge in [-0.3, -0.25) is 9.20 Å². The molecule has 0 aliphatic carbocycles. The first-order valence-electron chi connectivity index (χ1n) is 5.49. The first-order valence-corrected chi connectivity index (χ1v) is 5.49. The van der Waals surface area contributed by atoms with E-state index < -0.39 is 5.97 Å². The highest BCUT2D eigenvalue weighted by Gasteiger charge is 2.12. The first-order chi connectivity index (χ1) is 9.13. The zero-order chi connectivity index (χ0) is 13.4. The summed E-state index contributed by atoms with van der Waals surface area (Å²) in [5.74, 6) is 0.285. The van der Waals surface area contributed by atoms with Crippen molar-refractivity contribution in [2.24, 2.45) is 0 Å². The Labute approximate surface area is 106 Å². The minimum atomic E-state index is -0.965. The average Bonchev–Trinajstić information content (AvgIpc) is 2.95. The lowest BCUT2D eigenvalue weighted by Gasteiger charge is -1.99. The lowest BCUT2D eigenvalue weighted by Crippen LogP contribution is -2.04. The molecule has 1 N–H and O–H groups in total. The highest BCUT2D eigenvalue weighted by Crippen LogP contribution is 2.18. The number of hydrogen-bond acceptors (Lipinski definition) is 6. The second-order valence-corrected chi connectivity index (χ2v) is 3.98. The molecule has 8 heteroatoms. The van der Waals surface area contributed by atoms with E-state index in [1.54, 1.807) is 29.7 Å². The molecule has 96 valence electrons. The van der Waals surface area contributed by atoms with Gasteiger partial charge >= 0.3 is 5.97 Å². The van der Waals surface area contributed by atoms with E-state index in [1.165, 1.54) is 0 Å². The molecule has 0 aliphatic rings. The van der Waals surface area contributed by atoms with Crippen LogP contribution in [0.5, 0.6) is 0 Å². The molecular formula is C11H9N5O3. The maximum absolute atomic E-state index is 10.7. The number of carboxylic acids is 1. The molecule has 0 aliphatic heterocycles. The first kappa shape index (κ1) is 11.3. The van der Waals surface area contributed by atoms with Crippen molar-refractivity contribution in [1.29, 1.82) is 0 Å². The van der Waals surface area contributed by atoms with Crippen LogP contribution in [0.15, 0.2) is 22.9 Å². The maximum Gasteiger partial charge on any atom is 0.311 e. The summed E-state index contributed by atoms with van der Waals surface area (Å²) in [6, 6.07) is 3.48. The molecule has 0 spiro atoms. The third-order valence-corrected chi connectivity index (χ3v) is 2.56. The van der Waals surface area contributed by atoms with E-state index in [9.17, 15) is 4.79 Å². The number of hydrogen-bond donors (Lipinski definition) is 1. The molecule has 0 fully saturated rings. The molecule has 0 amide bonds. The normalized spacial score (nSPS) is 11.0. The van der Waals surface area contributed by atoms with E-state index in [-0.39, 0.29) is 6.42 Å². The van der Waals surface area contributed by atoms with Gasteiger partial charge in [-0.15, -0.1) is 10.2 Å². The molecule has 0 atom stereocenters. The third-order valence-electron chi connectivity index (χ3n) is 2.56. The van der Waals surface area contributed by atoms with Crippen LogP contribution in [-0.4, -0.2) is 35.8 Å². The van der Waals surface area contributed by atoms with Crippen LogP contribution < -0.4 is 0 Å². The van der Waals surface area contributed by atoms with Gasteiger partial charge in [0.1, 0.15) is 12.2 Å². The lowest BCUT2D eigenvalue weighted by molar-refractivity contribution is -0.136. The van der Waals surface area contributed by atoms with Crippen LogP contribution >= 0.6 is 0 Å². The van der Waals surface area contributed by atoms with Gasteiger partial charge in [0.05, 0.1) is 5.56 Å². The standard InChI is InChI=1S/C11H9N5O3/c1-6-12-11(19-15-6)7-2-3-8-13-14-9(4-10(17)18)16(8)5-7/h2-3,5H,4H2,1H3,(H,17,18). The van der Waals surface area contributed by atoms with Gasteiger partial charge in [0.15, 0.2) is 11.5 Å². The summed E-state index contributed by atoms with van der Waals surface area (Å²) in [7, 11) is 0. The molecule has 3 aromatic heterocycles. The quantitative estimate of drug-likeness (QED) is 0.738. The Morgan fingerprint density at radius 2 is 2.26 bits per heavy atom. The van der Waals surface area contributed by atoms with Crippen LogP contribution in [0, 0.1) is 6.92 Å². The zero-order valence-electron chi connectivity index (χ0n) is 9.94. The minimum absolute atomic E-state index is 0.201. The number of aromatic nitrogens is 5. The number of nitrogens with zero attached hydrogens (tertiary/aromatic N) is 5. The minimum Gasteiger partial charge on any atom is -0.481 e. The molecule has 3 aromatic rings. The number of aryl methyl sites for hydroxylation is 1. The van der Waals surface area contributed by atoms with Crippen LogP contribution in [0.3, 0.4) is 0 Å². The molecule has 0 saturated heterocycles. The van der Waals surface area contributed by atoms with Gasteiger partial charge in [0.25, 0.3) is 5.89 Å². The molecule has 0 aromatic carbocycles. The van der Waals surface area contributed by atoms with E-state index in [1.807, 2.05) is 0 Å². The fraction of sp³-hybridized carbons (Fsp3) is 0.182. The van der Waals surface area contributed by atoms with Crippen molar-refractivity contribution < 1.29 is 14.4 Å². The summed E-state index contributed by atoms with van der Waals surface area (Å²) in [5, 5.41) is 20.3. The van der Waals surface area contributed by atoms with E-state index in [0.29, 0.717) is 28.8 Å². The summed E-state index contributed by atoms with van der Waals surface area (Å²) >= 11 is 0. The Hall–Kier alpha value is -2.77. The van der Waals surface area contributed by atoms with Crippen LogP contribution in [-0.2, 0) is 11.2 Å². The van der Waals surface area contributed by atoms with Crippen molar-refractivity contribution >= 4 is 11.6 Å². The predicted molar refractivity (Wildman–Crippen MR) is 62.4 cm³/mol. The van der Waals surface area contributed by atoms with E-state index in [0.717, 1.165) is 0 Å². The zero-order valence-corrected chi connectivity index (χ0v) is 9.94. The Morgan fingerprint density at radius 1 is 1.42 bits per heavy atom. The molecule has 0 radical (unpaired) electrons. The highest BCUT2D eigenvalue weighted by atomic mass is 16.5. The van der Waals surface area contributed by atoms with Crippen LogP contribution in [0.1, 0.15) is 11.6 Å². The monoisotopic (exact) mass is 259 g/mol. The fourth-order valence-electron chi connectivity index (χ4n) is 1.73. The number of aliphatic carboxylic acids is 1. The van der Waals surface area contributed by atoms with Crippen molar-refractivity contribution in [3.05, 3.63) is 30.0 Å². The second kappa shape index (κ2) is 4.16. The number of pyridine rings is 1. The lowest BCUT2D eigenvalue weighted by atomic mass is 10.3. The molecule has 3 rings (SSSR count). The largest absolute Gasteiger partial charge is 0.481 e. The third kappa shape index (κ3) is 2.03. The van der Waals surface area contributed by atoms with Gasteiger partial charge in [0, 0.05) is 6.20 Å². The molecule has 8 nitrogen and oxygen atoms in total. The average molecular weight is 259 g/mol. The van der Waals surface area contributed by atoms with E-state index in [2.05, 4.69) is 20.3 Å². The summed E-state index contributed by atoms with van der Waals surface area (Å²) in [5.41, 5.74) is 1.25.